The Morgan fingerprint density at radius 2 is 1.47 bits per heavy atom. The number of ether oxygens (including phenoxy) is 3. The highest BCUT2D eigenvalue weighted by molar-refractivity contribution is 6.37. The number of ketones is 2. The third-order valence-corrected chi connectivity index (χ3v) is 7.58. The van der Waals surface area contributed by atoms with Crippen LogP contribution in [0.1, 0.15) is 32.4 Å². The quantitative estimate of drug-likeness (QED) is 0.389. The molecule has 178 valence electrons. The van der Waals surface area contributed by atoms with E-state index >= 15 is 0 Å². The Labute approximate surface area is 209 Å². The van der Waals surface area contributed by atoms with Crippen molar-refractivity contribution in [1.29, 1.82) is 0 Å². The van der Waals surface area contributed by atoms with Crippen LogP contribution in [0.5, 0.6) is 11.5 Å². The van der Waals surface area contributed by atoms with Gasteiger partial charge in [0.2, 0.25) is 35.8 Å². The maximum Gasteiger partial charge on any atom is 0.241 e. The van der Waals surface area contributed by atoms with E-state index in [1.54, 1.807) is 48.5 Å². The van der Waals surface area contributed by atoms with Gasteiger partial charge in [-0.05, 0) is 29.8 Å². The van der Waals surface area contributed by atoms with Crippen LogP contribution in [0.2, 0.25) is 5.02 Å². The fraction of sp³-hybridized carbons (Fsp3) is 0.185. The molecule has 3 aliphatic heterocycles. The van der Waals surface area contributed by atoms with Gasteiger partial charge >= 0.3 is 0 Å². The zero-order chi connectivity index (χ0) is 24.8. The highest BCUT2D eigenvalue weighted by Gasteiger charge is 2.74. The molecule has 3 atom stereocenters. The van der Waals surface area contributed by atoms with Gasteiger partial charge in [-0.15, -0.1) is 0 Å². The van der Waals surface area contributed by atoms with Crippen molar-refractivity contribution in [3.05, 3.63) is 88.4 Å². The zero-order valence-corrected chi connectivity index (χ0v) is 19.2. The van der Waals surface area contributed by atoms with E-state index in [0.717, 1.165) is 4.90 Å². The Morgan fingerprint density at radius 1 is 0.806 bits per heavy atom. The largest absolute Gasteiger partial charge is 0.454 e. The van der Waals surface area contributed by atoms with Crippen LogP contribution in [0.25, 0.3) is 0 Å². The lowest BCUT2D eigenvalue weighted by molar-refractivity contribution is -0.127. The summed E-state index contributed by atoms with van der Waals surface area (Å²) in [5.74, 6) is -3.98. The van der Waals surface area contributed by atoms with Crippen LogP contribution in [0.4, 0.5) is 5.69 Å². The first-order valence-corrected chi connectivity index (χ1v) is 11.7. The van der Waals surface area contributed by atoms with E-state index in [1.807, 2.05) is 0 Å². The third kappa shape index (κ3) is 2.57. The summed E-state index contributed by atoms with van der Waals surface area (Å²) in [5.41, 5.74) is -0.962. The fourth-order valence-corrected chi connectivity index (χ4v) is 5.88. The van der Waals surface area contributed by atoms with Gasteiger partial charge in [0.15, 0.2) is 11.5 Å². The summed E-state index contributed by atoms with van der Waals surface area (Å²) in [4.78, 5) is 56.4. The monoisotopic (exact) mass is 501 g/mol. The highest BCUT2D eigenvalue weighted by Crippen LogP contribution is 2.58. The summed E-state index contributed by atoms with van der Waals surface area (Å²) < 4.78 is 17.0. The summed E-state index contributed by atoms with van der Waals surface area (Å²) in [6.45, 7) is 0.0305. The summed E-state index contributed by atoms with van der Waals surface area (Å²) in [5, 5.41) is 0.472. The Hall–Kier alpha value is -4.01. The highest BCUT2D eigenvalue weighted by atomic mass is 35.5. The van der Waals surface area contributed by atoms with Gasteiger partial charge in [-0.2, -0.15) is 0 Å². The minimum Gasteiger partial charge on any atom is -0.454 e. The summed E-state index contributed by atoms with van der Waals surface area (Å²) in [6.07, 6.45) is -1.01. The average molecular weight is 502 g/mol. The molecule has 8 nitrogen and oxygen atoms in total. The number of hydrogen-bond donors (Lipinski definition) is 0. The number of anilines is 1. The molecule has 0 radical (unpaired) electrons. The number of amides is 2. The van der Waals surface area contributed by atoms with Crippen molar-refractivity contribution in [3.63, 3.8) is 0 Å². The minimum atomic E-state index is -2.13. The van der Waals surface area contributed by atoms with Crippen molar-refractivity contribution in [2.45, 2.75) is 11.7 Å². The molecule has 7 rings (SSSR count). The van der Waals surface area contributed by atoms with Crippen molar-refractivity contribution < 1.29 is 33.4 Å². The van der Waals surface area contributed by atoms with E-state index in [4.69, 9.17) is 25.8 Å². The molecular weight excluding hydrogens is 486 g/mol. The second kappa shape index (κ2) is 7.25. The number of rotatable bonds is 2. The lowest BCUT2D eigenvalue weighted by atomic mass is 9.77. The molecule has 0 unspecified atom stereocenters. The number of carbonyl (C=O) groups is 4. The van der Waals surface area contributed by atoms with Crippen molar-refractivity contribution in [2.75, 3.05) is 11.7 Å². The average Bonchev–Trinajstić information content (AvgIpc) is 3.61. The second-order valence-electron chi connectivity index (χ2n) is 9.08. The predicted octanol–water partition coefficient (Wildman–Crippen LogP) is 3.76. The number of benzene rings is 3. The molecule has 0 saturated carbocycles. The SMILES string of the molecule is O=C1[C@@H]2[C@@H](c3ccc(Cl)cc3)OC3(C(=O)c4ccccc4C3=O)[C@@H]2C(=O)N1c1ccc2c(c1)OCO2. The molecule has 9 heteroatoms. The minimum absolute atomic E-state index is 0.0305. The summed E-state index contributed by atoms with van der Waals surface area (Å²) in [7, 11) is 0. The van der Waals surface area contributed by atoms with Crippen molar-refractivity contribution >= 4 is 40.7 Å². The molecule has 4 aliphatic rings. The van der Waals surface area contributed by atoms with Crippen LogP contribution in [-0.4, -0.2) is 35.8 Å². The van der Waals surface area contributed by atoms with Crippen molar-refractivity contribution in [1.82, 2.24) is 0 Å². The first-order valence-electron chi connectivity index (χ1n) is 11.3. The summed E-state index contributed by atoms with van der Waals surface area (Å²) >= 11 is 6.06. The smallest absolute Gasteiger partial charge is 0.241 e. The molecule has 3 heterocycles. The van der Waals surface area contributed by atoms with Crippen molar-refractivity contribution in [2.24, 2.45) is 11.8 Å². The van der Waals surface area contributed by atoms with Crippen LogP contribution in [0.3, 0.4) is 0 Å². The molecule has 1 spiro atoms. The Kier molecular flexibility index (Phi) is 4.29. The van der Waals surface area contributed by atoms with E-state index in [-0.39, 0.29) is 23.6 Å². The third-order valence-electron chi connectivity index (χ3n) is 7.33. The predicted molar refractivity (Wildman–Crippen MR) is 125 cm³/mol. The van der Waals surface area contributed by atoms with Gasteiger partial charge in [0.25, 0.3) is 0 Å². The molecule has 3 aromatic carbocycles. The van der Waals surface area contributed by atoms with Gasteiger partial charge < -0.3 is 14.2 Å². The lowest BCUT2D eigenvalue weighted by Gasteiger charge is -2.27. The van der Waals surface area contributed by atoms with Gasteiger partial charge in [-0.3, -0.25) is 19.2 Å². The normalized spacial score (nSPS) is 25.1. The van der Waals surface area contributed by atoms with Gasteiger partial charge in [0.05, 0.1) is 23.6 Å². The number of Topliss-reactive ketones (excluding diaryl/α,β-unsaturated/α-hetero) is 2. The van der Waals surface area contributed by atoms with E-state index in [1.165, 1.54) is 18.2 Å². The number of fused-ring (bicyclic) bond motifs is 4. The van der Waals surface area contributed by atoms with Crippen LogP contribution in [0.15, 0.2) is 66.7 Å². The van der Waals surface area contributed by atoms with Crippen LogP contribution >= 0.6 is 11.6 Å². The number of hydrogen-bond acceptors (Lipinski definition) is 7. The van der Waals surface area contributed by atoms with Crippen LogP contribution in [-0.2, 0) is 14.3 Å². The van der Waals surface area contributed by atoms with Gasteiger partial charge in [0.1, 0.15) is 0 Å². The Balaban J connectivity index is 1.40. The maximum atomic E-state index is 14.0. The van der Waals surface area contributed by atoms with E-state index in [9.17, 15) is 19.2 Å². The number of halogens is 1. The van der Waals surface area contributed by atoms with Crippen LogP contribution < -0.4 is 14.4 Å². The number of nitrogens with zero attached hydrogens (tertiary/aromatic N) is 1. The second-order valence-corrected chi connectivity index (χ2v) is 9.52. The van der Waals surface area contributed by atoms with E-state index in [0.29, 0.717) is 22.1 Å². The molecular formula is C27H16ClNO7. The zero-order valence-electron chi connectivity index (χ0n) is 18.5. The van der Waals surface area contributed by atoms with Gasteiger partial charge in [0, 0.05) is 22.2 Å². The number of imide groups is 1. The topological polar surface area (TPSA) is 99.2 Å². The van der Waals surface area contributed by atoms with Gasteiger partial charge in [-0.1, -0.05) is 48.0 Å². The van der Waals surface area contributed by atoms with Crippen molar-refractivity contribution in [3.8, 4) is 11.5 Å². The van der Waals surface area contributed by atoms with E-state index < -0.39 is 46.9 Å². The van der Waals surface area contributed by atoms with E-state index in [2.05, 4.69) is 0 Å². The summed E-state index contributed by atoms with van der Waals surface area (Å²) in [6, 6.07) is 17.7. The molecule has 1 aliphatic carbocycles. The van der Waals surface area contributed by atoms with Crippen LogP contribution in [0, 0.1) is 11.8 Å². The maximum absolute atomic E-state index is 14.0. The van der Waals surface area contributed by atoms with Gasteiger partial charge in [-0.25, -0.2) is 4.90 Å². The molecule has 2 fully saturated rings. The molecule has 0 bridgehead atoms. The molecule has 3 aromatic rings. The first-order chi connectivity index (χ1) is 17.4. The molecule has 36 heavy (non-hydrogen) atoms. The molecule has 2 amide bonds. The fourth-order valence-electron chi connectivity index (χ4n) is 5.75. The molecule has 0 aromatic heterocycles. The Morgan fingerprint density at radius 3 is 2.17 bits per heavy atom. The Bertz CT molecular complexity index is 1480. The standard InChI is InChI=1S/C27H16ClNO7/c28-14-7-5-13(6-8-14)22-20-21(27(36-22)23(30)16-3-1-2-4-17(16)24(27)31)26(33)29(25(20)32)15-9-10-18-19(11-15)35-12-34-18/h1-11,20-22H,12H2/t20-,21-,22+/m0/s1. The number of carbonyl (C=O) groups excluding carboxylic acids is 4. The lowest BCUT2D eigenvalue weighted by Crippen LogP contribution is -2.51. The first kappa shape index (κ1) is 21.3. The molecule has 0 N–H and O–H groups in total. The molecule has 2 saturated heterocycles.